The molecule has 1 rings (SSSR count). The highest BCUT2D eigenvalue weighted by Gasteiger charge is 2.32. The van der Waals surface area contributed by atoms with Crippen molar-refractivity contribution in [1.82, 2.24) is 0 Å². The average Bonchev–Trinajstić information content (AvgIpc) is 2.37. The lowest BCUT2D eigenvalue weighted by Gasteiger charge is -2.21. The zero-order valence-electron chi connectivity index (χ0n) is 10.8. The van der Waals surface area contributed by atoms with Crippen molar-refractivity contribution in [3.8, 4) is 5.75 Å². The van der Waals surface area contributed by atoms with E-state index >= 15 is 0 Å². The Kier molecular flexibility index (Phi) is 4.69. The van der Waals surface area contributed by atoms with Crippen LogP contribution in [0.1, 0.15) is 18.9 Å². The van der Waals surface area contributed by atoms with E-state index in [4.69, 9.17) is 9.84 Å². The number of hydrogen-bond donors (Lipinski definition) is 2. The van der Waals surface area contributed by atoms with Gasteiger partial charge in [-0.2, -0.15) is 0 Å². The highest BCUT2D eigenvalue weighted by Crippen LogP contribution is 2.28. The van der Waals surface area contributed by atoms with Gasteiger partial charge in [-0.15, -0.1) is 0 Å². The molecule has 0 aliphatic heterocycles. The van der Waals surface area contributed by atoms with E-state index in [0.29, 0.717) is 11.3 Å². The molecule has 5 nitrogen and oxygen atoms in total. The highest BCUT2D eigenvalue weighted by molar-refractivity contribution is 5.84. The highest BCUT2D eigenvalue weighted by atomic mass is 16.5. The zero-order valence-corrected chi connectivity index (χ0v) is 10.8. The number of aliphatic carboxylic acids is 2. The van der Waals surface area contributed by atoms with Gasteiger partial charge in [-0.1, -0.05) is 24.3 Å². The number of carboxylic acid groups (broad SMARTS) is 2. The van der Waals surface area contributed by atoms with Crippen molar-refractivity contribution < 1.29 is 24.5 Å². The maximum Gasteiger partial charge on any atom is 0.317 e. The van der Waals surface area contributed by atoms with Crippen LogP contribution in [0.15, 0.2) is 36.4 Å². The number of ether oxygens (including phenoxy) is 1. The first-order valence-corrected chi connectivity index (χ1v) is 5.67. The van der Waals surface area contributed by atoms with Gasteiger partial charge in [0.05, 0.1) is 13.5 Å². The first kappa shape index (κ1) is 14.8. The predicted molar refractivity (Wildman–Crippen MR) is 69.4 cm³/mol. The van der Waals surface area contributed by atoms with E-state index in [-0.39, 0.29) is 6.42 Å². The smallest absolute Gasteiger partial charge is 0.317 e. The summed E-state index contributed by atoms with van der Waals surface area (Å²) >= 11 is 0. The van der Waals surface area contributed by atoms with Crippen LogP contribution in [0.25, 0.3) is 0 Å². The molecule has 0 radical (unpaired) electrons. The molecule has 1 aromatic rings. The van der Waals surface area contributed by atoms with E-state index in [1.54, 1.807) is 24.3 Å². The SMILES string of the molecule is COc1cccc(C(C)(/C=C/CC(=O)O)C(=O)O)c1. The van der Waals surface area contributed by atoms with Crippen molar-refractivity contribution in [1.29, 1.82) is 0 Å². The molecule has 1 unspecified atom stereocenters. The summed E-state index contributed by atoms with van der Waals surface area (Å²) in [5.74, 6) is -1.51. The monoisotopic (exact) mass is 264 g/mol. The Bertz CT molecular complexity index is 506. The average molecular weight is 264 g/mol. The molecule has 1 aromatic carbocycles. The minimum Gasteiger partial charge on any atom is -0.497 e. The Morgan fingerprint density at radius 1 is 1.37 bits per heavy atom. The summed E-state index contributed by atoms with van der Waals surface area (Å²) in [6.45, 7) is 1.52. The van der Waals surface area contributed by atoms with Gasteiger partial charge in [-0.3, -0.25) is 9.59 Å². The second-order valence-electron chi connectivity index (χ2n) is 4.24. The van der Waals surface area contributed by atoms with Crippen LogP contribution >= 0.6 is 0 Å². The van der Waals surface area contributed by atoms with E-state index in [2.05, 4.69) is 0 Å². The van der Waals surface area contributed by atoms with Gasteiger partial charge in [0.1, 0.15) is 11.2 Å². The molecule has 0 saturated carbocycles. The van der Waals surface area contributed by atoms with Crippen LogP contribution in [-0.2, 0) is 15.0 Å². The fourth-order valence-electron chi connectivity index (χ4n) is 1.63. The Morgan fingerprint density at radius 2 is 2.05 bits per heavy atom. The quantitative estimate of drug-likeness (QED) is 0.768. The van der Waals surface area contributed by atoms with Crippen LogP contribution in [0.2, 0.25) is 0 Å². The van der Waals surface area contributed by atoms with E-state index in [1.165, 1.54) is 26.2 Å². The maximum absolute atomic E-state index is 11.5. The Morgan fingerprint density at radius 3 is 2.58 bits per heavy atom. The topological polar surface area (TPSA) is 83.8 Å². The fraction of sp³-hybridized carbons (Fsp3) is 0.286. The normalized spacial score (nSPS) is 14.0. The van der Waals surface area contributed by atoms with Crippen LogP contribution in [0.5, 0.6) is 5.75 Å². The van der Waals surface area contributed by atoms with Gasteiger partial charge >= 0.3 is 11.9 Å². The van der Waals surface area contributed by atoms with Crippen molar-refractivity contribution in [2.75, 3.05) is 7.11 Å². The van der Waals surface area contributed by atoms with Crippen LogP contribution < -0.4 is 4.74 Å². The standard InChI is InChI=1S/C14H16O5/c1-14(13(17)18,8-4-7-12(15)16)10-5-3-6-11(9-10)19-2/h3-6,8-9H,7H2,1-2H3,(H,15,16)(H,17,18)/b8-4+. The summed E-state index contributed by atoms with van der Waals surface area (Å²) in [7, 11) is 1.50. The third-order valence-corrected chi connectivity index (χ3v) is 2.86. The van der Waals surface area contributed by atoms with Crippen molar-refractivity contribution in [2.45, 2.75) is 18.8 Å². The second kappa shape index (κ2) is 6.04. The summed E-state index contributed by atoms with van der Waals surface area (Å²) in [6.07, 6.45) is 2.51. The number of methoxy groups -OCH3 is 1. The van der Waals surface area contributed by atoms with Crippen LogP contribution in [0.4, 0.5) is 0 Å². The molecule has 19 heavy (non-hydrogen) atoms. The van der Waals surface area contributed by atoms with E-state index in [1.807, 2.05) is 0 Å². The predicted octanol–water partition coefficient (Wildman–Crippen LogP) is 2.07. The van der Waals surface area contributed by atoms with Crippen LogP contribution in [-0.4, -0.2) is 29.3 Å². The molecule has 1 atom stereocenters. The first-order chi connectivity index (χ1) is 8.90. The molecule has 0 bridgehead atoms. The van der Waals surface area contributed by atoms with Crippen LogP contribution in [0, 0.1) is 0 Å². The molecule has 0 fully saturated rings. The number of benzene rings is 1. The molecule has 5 heteroatoms. The van der Waals surface area contributed by atoms with Crippen molar-refractivity contribution in [3.63, 3.8) is 0 Å². The number of carboxylic acids is 2. The number of rotatable bonds is 6. The fourth-order valence-corrected chi connectivity index (χ4v) is 1.63. The summed E-state index contributed by atoms with van der Waals surface area (Å²) in [6, 6.07) is 6.70. The van der Waals surface area contributed by atoms with Gasteiger partial charge in [0.15, 0.2) is 0 Å². The van der Waals surface area contributed by atoms with E-state index in [9.17, 15) is 14.7 Å². The summed E-state index contributed by atoms with van der Waals surface area (Å²) < 4.78 is 5.06. The molecular weight excluding hydrogens is 248 g/mol. The van der Waals surface area contributed by atoms with Crippen molar-refractivity contribution >= 4 is 11.9 Å². The lowest BCUT2D eigenvalue weighted by Crippen LogP contribution is -2.30. The van der Waals surface area contributed by atoms with Gasteiger partial charge in [0.2, 0.25) is 0 Å². The third-order valence-electron chi connectivity index (χ3n) is 2.86. The zero-order chi connectivity index (χ0) is 14.5. The van der Waals surface area contributed by atoms with Crippen molar-refractivity contribution in [3.05, 3.63) is 42.0 Å². The van der Waals surface area contributed by atoms with Gasteiger partial charge in [0.25, 0.3) is 0 Å². The van der Waals surface area contributed by atoms with Gasteiger partial charge in [0, 0.05) is 0 Å². The first-order valence-electron chi connectivity index (χ1n) is 5.67. The third kappa shape index (κ3) is 3.58. The molecule has 0 heterocycles. The molecule has 0 aliphatic rings. The Balaban J connectivity index is 3.14. The summed E-state index contributed by atoms with van der Waals surface area (Å²) in [5.41, 5.74) is -0.759. The lowest BCUT2D eigenvalue weighted by molar-refractivity contribution is -0.141. The molecule has 0 saturated heterocycles. The number of carbonyl (C=O) groups is 2. The minimum atomic E-state index is -1.29. The van der Waals surface area contributed by atoms with Gasteiger partial charge in [-0.05, 0) is 24.6 Å². The van der Waals surface area contributed by atoms with E-state index < -0.39 is 17.4 Å². The Hall–Kier alpha value is -2.30. The minimum absolute atomic E-state index is 0.215. The lowest BCUT2D eigenvalue weighted by atomic mass is 9.82. The van der Waals surface area contributed by atoms with E-state index in [0.717, 1.165) is 0 Å². The van der Waals surface area contributed by atoms with Crippen molar-refractivity contribution in [2.24, 2.45) is 0 Å². The van der Waals surface area contributed by atoms with Gasteiger partial charge in [-0.25, -0.2) is 0 Å². The van der Waals surface area contributed by atoms with Gasteiger partial charge < -0.3 is 14.9 Å². The van der Waals surface area contributed by atoms with Crippen LogP contribution in [0.3, 0.4) is 0 Å². The molecule has 0 aliphatic carbocycles. The molecule has 0 amide bonds. The summed E-state index contributed by atoms with van der Waals surface area (Å²) in [5, 5.41) is 18.0. The molecule has 102 valence electrons. The number of hydrogen-bond acceptors (Lipinski definition) is 3. The maximum atomic E-state index is 11.5. The molecular formula is C14H16O5. The molecule has 2 N–H and O–H groups in total. The molecule has 0 spiro atoms. The molecule has 0 aromatic heterocycles. The second-order valence-corrected chi connectivity index (χ2v) is 4.24. The Labute approximate surface area is 111 Å². The summed E-state index contributed by atoms with van der Waals surface area (Å²) in [4.78, 5) is 21.9. The largest absolute Gasteiger partial charge is 0.497 e.